The van der Waals surface area contributed by atoms with E-state index in [1.807, 2.05) is 0 Å². The second-order valence-corrected chi connectivity index (χ2v) is 4.07. The van der Waals surface area contributed by atoms with Crippen LogP contribution in [0.25, 0.3) is 11.0 Å². The quantitative estimate of drug-likeness (QED) is 0.864. The average molecular weight is 296 g/mol. The number of anilines is 1. The van der Waals surface area contributed by atoms with Gasteiger partial charge in [0.2, 0.25) is 5.91 Å². The lowest BCUT2D eigenvalue weighted by atomic mass is 10.1. The summed E-state index contributed by atoms with van der Waals surface area (Å²) in [5.74, 6) is -0.619. The molecule has 0 spiro atoms. The Hall–Kier alpha value is -2.82. The van der Waals surface area contributed by atoms with Crippen molar-refractivity contribution in [2.75, 3.05) is 5.32 Å². The highest BCUT2D eigenvalue weighted by atomic mass is 19.4. The van der Waals surface area contributed by atoms with Crippen molar-refractivity contribution in [3.8, 4) is 6.07 Å². The Morgan fingerprint density at radius 2 is 2.05 bits per heavy atom. The topological polar surface area (TPSA) is 83.1 Å². The number of nitriles is 1. The Morgan fingerprint density at radius 3 is 2.67 bits per heavy atom. The molecule has 1 aromatic carbocycles. The van der Waals surface area contributed by atoms with Gasteiger partial charge in [0, 0.05) is 23.2 Å². The third-order valence-electron chi connectivity index (χ3n) is 2.57. The zero-order valence-corrected chi connectivity index (χ0v) is 10.3. The van der Waals surface area contributed by atoms with E-state index >= 15 is 0 Å². The SMILES string of the molecule is N#CCC(=O)Nc1ccc2c(C(F)(F)F)cc(=O)oc2c1. The lowest BCUT2D eigenvalue weighted by Gasteiger charge is -2.10. The van der Waals surface area contributed by atoms with Crippen LogP contribution in [0, 0.1) is 11.3 Å². The summed E-state index contributed by atoms with van der Waals surface area (Å²) in [6.45, 7) is 0. The minimum absolute atomic E-state index is 0.130. The van der Waals surface area contributed by atoms with Gasteiger partial charge in [-0.05, 0) is 12.1 Å². The fourth-order valence-electron chi connectivity index (χ4n) is 1.75. The molecule has 0 unspecified atom stereocenters. The van der Waals surface area contributed by atoms with Crippen LogP contribution in [0.3, 0.4) is 0 Å². The maximum Gasteiger partial charge on any atom is 0.417 e. The molecule has 0 aliphatic heterocycles. The number of hydrogen-bond acceptors (Lipinski definition) is 4. The number of nitrogens with zero attached hydrogens (tertiary/aromatic N) is 1. The highest BCUT2D eigenvalue weighted by molar-refractivity contribution is 5.94. The Labute approximate surface area is 115 Å². The molecule has 1 aromatic heterocycles. The molecule has 2 rings (SSSR count). The molecule has 0 saturated carbocycles. The van der Waals surface area contributed by atoms with E-state index in [9.17, 15) is 22.8 Å². The number of hydrogen-bond donors (Lipinski definition) is 1. The summed E-state index contributed by atoms with van der Waals surface area (Å²) >= 11 is 0. The molecule has 8 heteroatoms. The van der Waals surface area contributed by atoms with Crippen molar-refractivity contribution in [1.29, 1.82) is 5.26 Å². The number of nitrogens with one attached hydrogen (secondary N) is 1. The monoisotopic (exact) mass is 296 g/mol. The van der Waals surface area contributed by atoms with Crippen molar-refractivity contribution < 1.29 is 22.4 Å². The first kappa shape index (κ1) is 14.6. The lowest BCUT2D eigenvalue weighted by Crippen LogP contribution is -2.12. The van der Waals surface area contributed by atoms with E-state index in [1.165, 1.54) is 6.07 Å². The number of carbonyl (C=O) groups is 1. The molecular weight excluding hydrogens is 289 g/mol. The minimum Gasteiger partial charge on any atom is -0.423 e. The number of rotatable bonds is 2. The van der Waals surface area contributed by atoms with Crippen LogP contribution in [0.1, 0.15) is 12.0 Å². The molecule has 108 valence electrons. The number of halogens is 3. The molecule has 1 amide bonds. The summed E-state index contributed by atoms with van der Waals surface area (Å²) in [7, 11) is 0. The van der Waals surface area contributed by atoms with Gasteiger partial charge >= 0.3 is 11.8 Å². The van der Waals surface area contributed by atoms with Crippen molar-refractivity contribution in [3.63, 3.8) is 0 Å². The molecule has 0 aliphatic carbocycles. The second-order valence-electron chi connectivity index (χ2n) is 4.07. The normalized spacial score (nSPS) is 11.1. The van der Waals surface area contributed by atoms with Gasteiger partial charge in [0.25, 0.3) is 0 Å². The molecular formula is C13H7F3N2O3. The zero-order chi connectivity index (χ0) is 15.6. The van der Waals surface area contributed by atoms with Gasteiger partial charge in [0.05, 0.1) is 11.6 Å². The maximum atomic E-state index is 12.8. The van der Waals surface area contributed by atoms with Crippen LogP contribution in [0.5, 0.6) is 0 Å². The third-order valence-corrected chi connectivity index (χ3v) is 2.57. The van der Waals surface area contributed by atoms with Crippen LogP contribution in [-0.2, 0) is 11.0 Å². The van der Waals surface area contributed by atoms with E-state index in [0.29, 0.717) is 6.07 Å². The first-order chi connectivity index (χ1) is 9.81. The largest absolute Gasteiger partial charge is 0.423 e. The van der Waals surface area contributed by atoms with Crippen LogP contribution >= 0.6 is 0 Å². The molecule has 0 fully saturated rings. The van der Waals surface area contributed by atoms with Crippen LogP contribution in [0.15, 0.2) is 33.5 Å². The van der Waals surface area contributed by atoms with E-state index < -0.39 is 29.7 Å². The highest BCUT2D eigenvalue weighted by Gasteiger charge is 2.33. The number of benzene rings is 1. The molecule has 5 nitrogen and oxygen atoms in total. The summed E-state index contributed by atoms with van der Waals surface area (Å²) in [5.41, 5.74) is -2.42. The highest BCUT2D eigenvalue weighted by Crippen LogP contribution is 2.34. The Bertz CT molecular complexity index is 803. The van der Waals surface area contributed by atoms with E-state index in [0.717, 1.165) is 12.1 Å². The number of alkyl halides is 3. The van der Waals surface area contributed by atoms with Gasteiger partial charge in [-0.25, -0.2) is 4.79 Å². The molecule has 0 aliphatic rings. The van der Waals surface area contributed by atoms with Crippen LogP contribution < -0.4 is 10.9 Å². The van der Waals surface area contributed by atoms with E-state index in [2.05, 4.69) is 5.32 Å². The first-order valence-electron chi connectivity index (χ1n) is 5.63. The molecule has 1 N–H and O–H groups in total. The van der Waals surface area contributed by atoms with Gasteiger partial charge in [-0.1, -0.05) is 0 Å². The molecule has 0 atom stereocenters. The first-order valence-corrected chi connectivity index (χ1v) is 5.63. The van der Waals surface area contributed by atoms with Crippen molar-refractivity contribution in [2.45, 2.75) is 12.6 Å². The van der Waals surface area contributed by atoms with Crippen molar-refractivity contribution >= 4 is 22.6 Å². The van der Waals surface area contributed by atoms with E-state index in [1.54, 1.807) is 6.07 Å². The molecule has 2 aromatic rings. The number of fused-ring (bicyclic) bond motifs is 1. The summed E-state index contributed by atoms with van der Waals surface area (Å²) in [6, 6.07) is 5.41. The summed E-state index contributed by atoms with van der Waals surface area (Å²) in [4.78, 5) is 22.4. The fourth-order valence-corrected chi connectivity index (χ4v) is 1.75. The van der Waals surface area contributed by atoms with Gasteiger partial charge in [0.15, 0.2) is 0 Å². The predicted octanol–water partition coefficient (Wildman–Crippen LogP) is 2.66. The average Bonchev–Trinajstić information content (AvgIpc) is 2.36. The van der Waals surface area contributed by atoms with Gasteiger partial charge < -0.3 is 9.73 Å². The van der Waals surface area contributed by atoms with Gasteiger partial charge in [-0.3, -0.25) is 4.79 Å². The lowest BCUT2D eigenvalue weighted by molar-refractivity contribution is -0.136. The van der Waals surface area contributed by atoms with Crippen LogP contribution in [0.2, 0.25) is 0 Å². The number of carbonyl (C=O) groups excluding carboxylic acids is 1. The zero-order valence-electron chi connectivity index (χ0n) is 10.3. The fraction of sp³-hybridized carbons (Fsp3) is 0.154. The van der Waals surface area contributed by atoms with Crippen LogP contribution in [-0.4, -0.2) is 5.91 Å². The Balaban J connectivity index is 2.52. The van der Waals surface area contributed by atoms with Crippen LogP contribution in [0.4, 0.5) is 18.9 Å². The Kier molecular flexibility index (Phi) is 3.67. The van der Waals surface area contributed by atoms with E-state index in [4.69, 9.17) is 9.68 Å². The van der Waals surface area contributed by atoms with Crippen molar-refractivity contribution in [3.05, 3.63) is 40.2 Å². The third kappa shape index (κ3) is 3.20. The molecule has 1 heterocycles. The molecule has 0 saturated heterocycles. The summed E-state index contributed by atoms with van der Waals surface area (Å²) in [5, 5.41) is 10.4. The van der Waals surface area contributed by atoms with E-state index in [-0.39, 0.29) is 16.7 Å². The van der Waals surface area contributed by atoms with Gasteiger partial charge in [-0.2, -0.15) is 18.4 Å². The van der Waals surface area contributed by atoms with Crippen molar-refractivity contribution in [1.82, 2.24) is 0 Å². The number of amides is 1. The van der Waals surface area contributed by atoms with Gasteiger partial charge in [0.1, 0.15) is 12.0 Å². The predicted molar refractivity (Wildman–Crippen MR) is 66.3 cm³/mol. The summed E-state index contributed by atoms with van der Waals surface area (Å²) in [6.07, 6.45) is -5.09. The molecule has 0 radical (unpaired) electrons. The minimum atomic E-state index is -4.69. The standard InChI is InChI=1S/C13H7F3N2O3/c14-13(15,16)9-6-12(20)21-10-5-7(1-2-8(9)10)18-11(19)3-4-17/h1-2,5-6H,3H2,(H,18,19). The Morgan fingerprint density at radius 1 is 1.33 bits per heavy atom. The maximum absolute atomic E-state index is 12.8. The van der Waals surface area contributed by atoms with Crippen molar-refractivity contribution in [2.24, 2.45) is 0 Å². The molecule has 21 heavy (non-hydrogen) atoms. The second kappa shape index (κ2) is 5.28. The smallest absolute Gasteiger partial charge is 0.417 e. The molecule has 0 bridgehead atoms. The summed E-state index contributed by atoms with van der Waals surface area (Å²) < 4.78 is 43.2. The van der Waals surface area contributed by atoms with Gasteiger partial charge in [-0.15, -0.1) is 0 Å².